The van der Waals surface area contributed by atoms with Crippen LogP contribution in [0.25, 0.3) is 0 Å². The molecule has 0 aliphatic carbocycles. The van der Waals surface area contributed by atoms with E-state index in [4.69, 9.17) is 4.74 Å². The largest absolute Gasteiger partial charge is 0.492 e. The van der Waals surface area contributed by atoms with Crippen molar-refractivity contribution in [1.29, 1.82) is 0 Å². The summed E-state index contributed by atoms with van der Waals surface area (Å²) < 4.78 is 18.3. The molecule has 0 saturated heterocycles. The third-order valence-corrected chi connectivity index (χ3v) is 2.42. The summed E-state index contributed by atoms with van der Waals surface area (Å²) in [6.45, 7) is 1.99. The summed E-state index contributed by atoms with van der Waals surface area (Å²) in [5, 5.41) is 3.24. The fraction of sp³-hybridized carbons (Fsp3) is 0.214. The van der Waals surface area contributed by atoms with Gasteiger partial charge in [0.1, 0.15) is 18.2 Å². The van der Waals surface area contributed by atoms with Crippen LogP contribution in [-0.2, 0) is 6.54 Å². The van der Waals surface area contributed by atoms with Crippen molar-refractivity contribution in [2.75, 3.05) is 13.2 Å². The average molecular weight is 246 g/mol. The Balaban J connectivity index is 1.65. The summed E-state index contributed by atoms with van der Waals surface area (Å²) in [4.78, 5) is 3.95. The van der Waals surface area contributed by atoms with Gasteiger partial charge in [0, 0.05) is 31.5 Å². The van der Waals surface area contributed by atoms with Crippen LogP contribution < -0.4 is 10.1 Å². The summed E-state index contributed by atoms with van der Waals surface area (Å²) in [7, 11) is 0. The highest BCUT2D eigenvalue weighted by Gasteiger charge is 1.96. The van der Waals surface area contributed by atoms with Gasteiger partial charge in [-0.3, -0.25) is 4.98 Å². The van der Waals surface area contributed by atoms with E-state index in [9.17, 15) is 4.39 Å². The second-order valence-corrected chi connectivity index (χ2v) is 3.84. The van der Waals surface area contributed by atoms with Gasteiger partial charge in [-0.1, -0.05) is 6.07 Å². The molecular formula is C14H15FN2O. The predicted molar refractivity (Wildman–Crippen MR) is 67.8 cm³/mol. The SMILES string of the molecule is Fc1cccc(OCCNCc2ccncc2)c1. The first kappa shape index (κ1) is 12.5. The van der Waals surface area contributed by atoms with Gasteiger partial charge in [0.2, 0.25) is 0 Å². The van der Waals surface area contributed by atoms with E-state index in [1.807, 2.05) is 12.1 Å². The van der Waals surface area contributed by atoms with E-state index >= 15 is 0 Å². The van der Waals surface area contributed by atoms with Crippen LogP contribution in [0, 0.1) is 5.82 Å². The lowest BCUT2D eigenvalue weighted by molar-refractivity contribution is 0.312. The maximum Gasteiger partial charge on any atom is 0.126 e. The number of nitrogens with zero attached hydrogens (tertiary/aromatic N) is 1. The quantitative estimate of drug-likeness (QED) is 0.795. The highest BCUT2D eigenvalue weighted by molar-refractivity contribution is 5.22. The first-order valence-corrected chi connectivity index (χ1v) is 5.82. The molecule has 0 spiro atoms. The van der Waals surface area contributed by atoms with E-state index < -0.39 is 0 Å². The summed E-state index contributed by atoms with van der Waals surface area (Å²) in [5.41, 5.74) is 1.18. The number of pyridine rings is 1. The Labute approximate surface area is 106 Å². The van der Waals surface area contributed by atoms with Crippen molar-refractivity contribution in [1.82, 2.24) is 10.3 Å². The molecule has 0 atom stereocenters. The molecule has 18 heavy (non-hydrogen) atoms. The Morgan fingerprint density at radius 3 is 2.78 bits per heavy atom. The Kier molecular flexibility index (Phi) is 4.67. The summed E-state index contributed by atoms with van der Waals surface area (Å²) in [6, 6.07) is 10.1. The maximum atomic E-state index is 12.9. The van der Waals surface area contributed by atoms with Crippen LogP contribution >= 0.6 is 0 Å². The fourth-order valence-electron chi connectivity index (χ4n) is 1.53. The topological polar surface area (TPSA) is 34.1 Å². The highest BCUT2D eigenvalue weighted by Crippen LogP contribution is 2.11. The maximum absolute atomic E-state index is 12.9. The van der Waals surface area contributed by atoms with Crippen LogP contribution in [0.2, 0.25) is 0 Å². The van der Waals surface area contributed by atoms with E-state index in [1.165, 1.54) is 17.7 Å². The van der Waals surface area contributed by atoms with Crippen LogP contribution in [0.4, 0.5) is 4.39 Å². The van der Waals surface area contributed by atoms with Gasteiger partial charge in [0.05, 0.1) is 0 Å². The number of hydrogen-bond acceptors (Lipinski definition) is 3. The molecule has 1 aromatic carbocycles. The molecule has 0 unspecified atom stereocenters. The molecule has 0 fully saturated rings. The Hall–Kier alpha value is -1.94. The Bertz CT molecular complexity index is 476. The van der Waals surface area contributed by atoms with Crippen LogP contribution in [0.3, 0.4) is 0 Å². The lowest BCUT2D eigenvalue weighted by Gasteiger charge is -2.07. The molecule has 1 heterocycles. The van der Waals surface area contributed by atoms with E-state index in [0.717, 1.165) is 6.54 Å². The zero-order chi connectivity index (χ0) is 12.6. The monoisotopic (exact) mass is 246 g/mol. The van der Waals surface area contributed by atoms with E-state index in [0.29, 0.717) is 18.9 Å². The molecule has 1 aromatic heterocycles. The molecular weight excluding hydrogens is 231 g/mol. The molecule has 0 bridgehead atoms. The van der Waals surface area contributed by atoms with Crippen LogP contribution in [0.5, 0.6) is 5.75 Å². The third-order valence-electron chi connectivity index (χ3n) is 2.42. The summed E-state index contributed by atoms with van der Waals surface area (Å²) >= 11 is 0. The standard InChI is InChI=1S/C14H15FN2O/c15-13-2-1-3-14(10-13)18-9-8-17-11-12-4-6-16-7-5-12/h1-7,10,17H,8-9,11H2. The molecule has 2 aromatic rings. The van der Waals surface area contributed by atoms with Crippen molar-refractivity contribution >= 4 is 0 Å². The number of rotatable bonds is 6. The second-order valence-electron chi connectivity index (χ2n) is 3.84. The number of aromatic nitrogens is 1. The third kappa shape index (κ3) is 4.14. The van der Waals surface area contributed by atoms with Gasteiger partial charge in [-0.2, -0.15) is 0 Å². The normalized spacial score (nSPS) is 10.3. The Morgan fingerprint density at radius 2 is 2.00 bits per heavy atom. The molecule has 0 amide bonds. The lowest BCUT2D eigenvalue weighted by Crippen LogP contribution is -2.20. The number of hydrogen-bond donors (Lipinski definition) is 1. The molecule has 1 N–H and O–H groups in total. The van der Waals surface area contributed by atoms with Crippen LogP contribution in [0.15, 0.2) is 48.8 Å². The van der Waals surface area contributed by atoms with Crippen molar-refractivity contribution < 1.29 is 9.13 Å². The molecule has 0 radical (unpaired) electrons. The van der Waals surface area contributed by atoms with Gasteiger partial charge >= 0.3 is 0 Å². The van der Waals surface area contributed by atoms with Gasteiger partial charge in [0.15, 0.2) is 0 Å². The minimum absolute atomic E-state index is 0.280. The molecule has 2 rings (SSSR count). The molecule has 94 valence electrons. The zero-order valence-corrected chi connectivity index (χ0v) is 9.97. The Morgan fingerprint density at radius 1 is 1.17 bits per heavy atom. The number of ether oxygens (including phenoxy) is 1. The molecule has 0 saturated carbocycles. The van der Waals surface area contributed by atoms with Crippen LogP contribution in [0.1, 0.15) is 5.56 Å². The minimum atomic E-state index is -0.280. The van der Waals surface area contributed by atoms with Crippen molar-refractivity contribution in [2.24, 2.45) is 0 Å². The van der Waals surface area contributed by atoms with E-state index in [-0.39, 0.29) is 5.82 Å². The first-order chi connectivity index (χ1) is 8.84. The lowest BCUT2D eigenvalue weighted by atomic mass is 10.3. The molecule has 0 aliphatic rings. The highest BCUT2D eigenvalue weighted by atomic mass is 19.1. The number of nitrogens with one attached hydrogen (secondary N) is 1. The fourth-order valence-corrected chi connectivity index (χ4v) is 1.53. The summed E-state index contributed by atoms with van der Waals surface area (Å²) in [5.74, 6) is 0.276. The predicted octanol–water partition coefficient (Wildman–Crippen LogP) is 2.39. The number of halogens is 1. The van der Waals surface area contributed by atoms with E-state index in [1.54, 1.807) is 24.5 Å². The molecule has 0 aliphatic heterocycles. The van der Waals surface area contributed by atoms with Crippen molar-refractivity contribution in [2.45, 2.75) is 6.54 Å². The molecule has 3 nitrogen and oxygen atoms in total. The average Bonchev–Trinajstić information content (AvgIpc) is 2.40. The van der Waals surface area contributed by atoms with Gasteiger partial charge < -0.3 is 10.1 Å². The second kappa shape index (κ2) is 6.71. The van der Waals surface area contributed by atoms with Gasteiger partial charge in [-0.05, 0) is 29.8 Å². The summed E-state index contributed by atoms with van der Waals surface area (Å²) in [6.07, 6.45) is 3.53. The molecule has 4 heteroatoms. The number of benzene rings is 1. The minimum Gasteiger partial charge on any atom is -0.492 e. The van der Waals surface area contributed by atoms with Crippen molar-refractivity contribution in [3.05, 3.63) is 60.2 Å². The van der Waals surface area contributed by atoms with Crippen molar-refractivity contribution in [3.63, 3.8) is 0 Å². The van der Waals surface area contributed by atoms with Gasteiger partial charge in [-0.15, -0.1) is 0 Å². The first-order valence-electron chi connectivity index (χ1n) is 5.82. The zero-order valence-electron chi connectivity index (χ0n) is 9.97. The van der Waals surface area contributed by atoms with Crippen molar-refractivity contribution in [3.8, 4) is 5.75 Å². The van der Waals surface area contributed by atoms with Gasteiger partial charge in [-0.25, -0.2) is 4.39 Å². The van der Waals surface area contributed by atoms with Crippen LogP contribution in [-0.4, -0.2) is 18.1 Å². The smallest absolute Gasteiger partial charge is 0.126 e. The van der Waals surface area contributed by atoms with Gasteiger partial charge in [0.25, 0.3) is 0 Å². The van der Waals surface area contributed by atoms with E-state index in [2.05, 4.69) is 10.3 Å².